The Morgan fingerprint density at radius 2 is 1.58 bits per heavy atom. The summed E-state index contributed by atoms with van der Waals surface area (Å²) in [5.41, 5.74) is 3.30. The Balaban J connectivity index is 1.44. The molecule has 2 aliphatic heterocycles. The summed E-state index contributed by atoms with van der Waals surface area (Å²) in [6.07, 6.45) is 1.99. The highest BCUT2D eigenvalue weighted by Gasteiger charge is 2.38. The molecule has 1 saturated heterocycles. The van der Waals surface area contributed by atoms with Crippen LogP contribution in [0.5, 0.6) is 0 Å². The standard InChI is InChI=1S/C25H32N2O3S/c1-18-17-20-7-5-6-8-23(20)27(18)24(28)19-13-15-26(16-14-19)31(29,30)22-11-9-21(10-12-22)25(2,3)4/h5-12,18-19H,13-17H2,1-4H3. The van der Waals surface area contributed by atoms with Gasteiger partial charge in [0.05, 0.1) is 4.90 Å². The summed E-state index contributed by atoms with van der Waals surface area (Å²) in [4.78, 5) is 15.5. The van der Waals surface area contributed by atoms with Crippen molar-refractivity contribution in [2.24, 2.45) is 5.92 Å². The lowest BCUT2D eigenvalue weighted by Gasteiger charge is -2.34. The second-order valence-corrected chi connectivity index (χ2v) is 11.8. The first-order chi connectivity index (χ1) is 14.6. The molecule has 166 valence electrons. The summed E-state index contributed by atoms with van der Waals surface area (Å²) in [5, 5.41) is 0. The molecule has 1 unspecified atom stereocenters. The van der Waals surface area contributed by atoms with Gasteiger partial charge in [0.2, 0.25) is 15.9 Å². The van der Waals surface area contributed by atoms with E-state index in [2.05, 4.69) is 33.8 Å². The third-order valence-electron chi connectivity index (χ3n) is 6.61. The number of anilines is 1. The molecule has 1 atom stereocenters. The third-order valence-corrected chi connectivity index (χ3v) is 8.52. The van der Waals surface area contributed by atoms with Crippen molar-refractivity contribution in [3.8, 4) is 0 Å². The molecule has 31 heavy (non-hydrogen) atoms. The van der Waals surface area contributed by atoms with Crippen molar-refractivity contribution < 1.29 is 13.2 Å². The number of carbonyl (C=O) groups excluding carboxylic acids is 1. The van der Waals surface area contributed by atoms with Gasteiger partial charge in [-0.25, -0.2) is 8.42 Å². The Kier molecular flexibility index (Phi) is 5.73. The molecule has 1 amide bonds. The van der Waals surface area contributed by atoms with Crippen LogP contribution in [0, 0.1) is 5.92 Å². The minimum atomic E-state index is -3.54. The van der Waals surface area contributed by atoms with Gasteiger partial charge >= 0.3 is 0 Å². The fourth-order valence-corrected chi connectivity index (χ4v) is 6.19. The van der Waals surface area contributed by atoms with E-state index in [1.165, 1.54) is 9.87 Å². The smallest absolute Gasteiger partial charge is 0.243 e. The van der Waals surface area contributed by atoms with Crippen LogP contribution < -0.4 is 4.90 Å². The number of piperidine rings is 1. The Morgan fingerprint density at radius 1 is 0.968 bits per heavy atom. The highest BCUT2D eigenvalue weighted by Crippen LogP contribution is 2.35. The van der Waals surface area contributed by atoms with Gasteiger partial charge in [-0.3, -0.25) is 4.79 Å². The van der Waals surface area contributed by atoms with Gasteiger partial charge in [-0.15, -0.1) is 0 Å². The molecule has 2 aliphatic rings. The van der Waals surface area contributed by atoms with Crippen LogP contribution in [-0.2, 0) is 26.7 Å². The predicted molar refractivity (Wildman–Crippen MR) is 124 cm³/mol. The number of hydrogen-bond acceptors (Lipinski definition) is 3. The monoisotopic (exact) mass is 440 g/mol. The van der Waals surface area contributed by atoms with Gasteiger partial charge in [-0.05, 0) is 60.9 Å². The Bertz CT molecular complexity index is 1060. The maximum atomic E-state index is 13.3. The number of para-hydroxylation sites is 1. The molecule has 0 aliphatic carbocycles. The molecule has 2 aromatic rings. The Labute approximate surface area is 186 Å². The van der Waals surface area contributed by atoms with E-state index in [0.717, 1.165) is 17.7 Å². The zero-order valence-corrected chi connectivity index (χ0v) is 19.7. The number of fused-ring (bicyclic) bond motifs is 1. The van der Waals surface area contributed by atoms with E-state index >= 15 is 0 Å². The van der Waals surface area contributed by atoms with Crippen molar-refractivity contribution in [2.75, 3.05) is 18.0 Å². The lowest BCUT2D eigenvalue weighted by Crippen LogP contribution is -2.46. The maximum Gasteiger partial charge on any atom is 0.243 e. The normalized spacial score (nSPS) is 20.6. The van der Waals surface area contributed by atoms with E-state index < -0.39 is 10.0 Å². The van der Waals surface area contributed by atoms with Crippen LogP contribution in [0.3, 0.4) is 0 Å². The van der Waals surface area contributed by atoms with Crippen LogP contribution in [-0.4, -0.2) is 37.8 Å². The van der Waals surface area contributed by atoms with E-state index in [9.17, 15) is 13.2 Å². The molecule has 0 radical (unpaired) electrons. The topological polar surface area (TPSA) is 57.7 Å². The Hall–Kier alpha value is -2.18. The molecule has 6 heteroatoms. The summed E-state index contributed by atoms with van der Waals surface area (Å²) in [6, 6.07) is 15.4. The molecule has 0 saturated carbocycles. The van der Waals surface area contributed by atoms with Crippen LogP contribution in [0.25, 0.3) is 0 Å². The fraction of sp³-hybridized carbons (Fsp3) is 0.480. The number of benzene rings is 2. The second kappa shape index (κ2) is 8.06. The van der Waals surface area contributed by atoms with Crippen molar-refractivity contribution >= 4 is 21.6 Å². The van der Waals surface area contributed by atoms with Crippen molar-refractivity contribution in [1.29, 1.82) is 0 Å². The first-order valence-electron chi connectivity index (χ1n) is 11.1. The highest BCUT2D eigenvalue weighted by molar-refractivity contribution is 7.89. The van der Waals surface area contributed by atoms with Gasteiger partial charge in [0.1, 0.15) is 0 Å². The third kappa shape index (κ3) is 4.15. The minimum absolute atomic E-state index is 0.0215. The second-order valence-electron chi connectivity index (χ2n) is 9.84. The van der Waals surface area contributed by atoms with Gasteiger partial charge in [-0.2, -0.15) is 4.31 Å². The van der Waals surface area contributed by atoms with Crippen LogP contribution in [0.4, 0.5) is 5.69 Å². The first kappa shape index (κ1) is 22.0. The van der Waals surface area contributed by atoms with Crippen LogP contribution >= 0.6 is 0 Å². The quantitative estimate of drug-likeness (QED) is 0.712. The van der Waals surface area contributed by atoms with Gasteiger partial charge in [-0.1, -0.05) is 51.1 Å². The maximum absolute atomic E-state index is 13.3. The molecular weight excluding hydrogens is 408 g/mol. The number of sulfonamides is 1. The summed E-state index contributed by atoms with van der Waals surface area (Å²) in [6.45, 7) is 9.17. The lowest BCUT2D eigenvalue weighted by atomic mass is 9.87. The molecule has 0 spiro atoms. The van der Waals surface area contributed by atoms with Gasteiger partial charge in [0.15, 0.2) is 0 Å². The fourth-order valence-electron chi connectivity index (χ4n) is 4.72. The average Bonchev–Trinajstić information content (AvgIpc) is 3.08. The Morgan fingerprint density at radius 3 is 2.19 bits per heavy atom. The van der Waals surface area contributed by atoms with E-state index in [1.54, 1.807) is 12.1 Å². The van der Waals surface area contributed by atoms with E-state index in [1.807, 2.05) is 35.2 Å². The number of carbonyl (C=O) groups is 1. The number of rotatable bonds is 3. The molecule has 1 fully saturated rings. The van der Waals surface area contributed by atoms with Gasteiger partial charge < -0.3 is 4.90 Å². The molecule has 0 aromatic heterocycles. The van der Waals surface area contributed by atoms with Gasteiger partial charge in [0.25, 0.3) is 0 Å². The first-order valence-corrected chi connectivity index (χ1v) is 12.5. The van der Waals surface area contributed by atoms with Gasteiger partial charge in [0, 0.05) is 30.7 Å². The predicted octanol–water partition coefficient (Wildman–Crippen LogP) is 4.36. The molecular formula is C25H32N2O3S. The summed E-state index contributed by atoms with van der Waals surface area (Å²) in [5.74, 6) is -0.00708. The summed E-state index contributed by atoms with van der Waals surface area (Å²) >= 11 is 0. The van der Waals surface area contributed by atoms with Crippen LogP contribution in [0.2, 0.25) is 0 Å². The molecule has 0 N–H and O–H groups in total. The van der Waals surface area contributed by atoms with Crippen molar-refractivity contribution in [3.05, 3.63) is 59.7 Å². The molecule has 5 nitrogen and oxygen atoms in total. The zero-order chi connectivity index (χ0) is 22.4. The molecule has 2 aromatic carbocycles. The number of hydrogen-bond donors (Lipinski definition) is 0. The average molecular weight is 441 g/mol. The van der Waals surface area contributed by atoms with Crippen molar-refractivity contribution in [3.63, 3.8) is 0 Å². The SMILES string of the molecule is CC1Cc2ccccc2N1C(=O)C1CCN(S(=O)(=O)c2ccc(C(C)(C)C)cc2)CC1. The summed E-state index contributed by atoms with van der Waals surface area (Å²) in [7, 11) is -3.54. The van der Waals surface area contributed by atoms with Crippen LogP contribution in [0.1, 0.15) is 51.7 Å². The zero-order valence-electron chi connectivity index (χ0n) is 18.8. The van der Waals surface area contributed by atoms with E-state index in [4.69, 9.17) is 0 Å². The summed E-state index contributed by atoms with van der Waals surface area (Å²) < 4.78 is 27.8. The van der Waals surface area contributed by atoms with Crippen molar-refractivity contribution in [2.45, 2.75) is 63.3 Å². The van der Waals surface area contributed by atoms with Crippen molar-refractivity contribution in [1.82, 2.24) is 4.31 Å². The molecule has 4 rings (SSSR count). The molecule has 2 heterocycles. The highest BCUT2D eigenvalue weighted by atomic mass is 32.2. The molecule has 0 bridgehead atoms. The van der Waals surface area contributed by atoms with Crippen LogP contribution in [0.15, 0.2) is 53.4 Å². The van der Waals surface area contributed by atoms with E-state index in [-0.39, 0.29) is 23.3 Å². The number of amides is 1. The largest absolute Gasteiger partial charge is 0.309 e. The van der Waals surface area contributed by atoms with E-state index in [0.29, 0.717) is 30.8 Å². The number of nitrogens with zero attached hydrogens (tertiary/aromatic N) is 2. The minimum Gasteiger partial charge on any atom is -0.309 e. The lowest BCUT2D eigenvalue weighted by molar-refractivity contribution is -0.123.